The van der Waals surface area contributed by atoms with Crippen LogP contribution in [0.25, 0.3) is 10.9 Å². The molecule has 0 aliphatic carbocycles. The summed E-state index contributed by atoms with van der Waals surface area (Å²) in [4.78, 5) is 71.3. The van der Waals surface area contributed by atoms with E-state index in [-0.39, 0.29) is 12.8 Å². The molecule has 202 valence electrons. The lowest BCUT2D eigenvalue weighted by Crippen LogP contribution is -2.58. The molecule has 4 atom stereocenters. The lowest BCUT2D eigenvalue weighted by Gasteiger charge is -2.24. The Hall–Kier alpha value is -4.72. The monoisotopic (exact) mass is 527 g/mol. The number of H-pyrrole nitrogens is 2. The van der Waals surface area contributed by atoms with Gasteiger partial charge in [-0.25, -0.2) is 9.78 Å². The molecular formula is C24H29N7O7. The van der Waals surface area contributed by atoms with E-state index in [1.165, 1.54) is 19.4 Å². The molecule has 0 fully saturated rings. The number of carbonyl (C=O) groups excluding carboxylic acids is 3. The summed E-state index contributed by atoms with van der Waals surface area (Å²) < 4.78 is 0. The lowest BCUT2D eigenvalue weighted by atomic mass is 10.0. The number of rotatable bonds is 13. The highest BCUT2D eigenvalue weighted by atomic mass is 16.4. The number of fused-ring (bicyclic) bond motifs is 1. The molecule has 0 bridgehead atoms. The van der Waals surface area contributed by atoms with E-state index in [9.17, 15) is 34.2 Å². The van der Waals surface area contributed by atoms with E-state index in [2.05, 4.69) is 30.9 Å². The third-order valence-corrected chi connectivity index (χ3v) is 5.75. The summed E-state index contributed by atoms with van der Waals surface area (Å²) in [6, 6.07) is 2.05. The first kappa shape index (κ1) is 27.9. The number of carbonyl (C=O) groups is 5. The third kappa shape index (κ3) is 7.39. The molecule has 0 aliphatic heterocycles. The van der Waals surface area contributed by atoms with Gasteiger partial charge in [0.05, 0.1) is 18.8 Å². The molecule has 2 aromatic heterocycles. The van der Waals surface area contributed by atoms with Crippen molar-refractivity contribution in [2.24, 2.45) is 5.73 Å². The molecule has 3 amide bonds. The van der Waals surface area contributed by atoms with Crippen molar-refractivity contribution in [3.8, 4) is 0 Å². The molecule has 3 aromatic rings. The number of aromatic nitrogens is 3. The van der Waals surface area contributed by atoms with Crippen LogP contribution >= 0.6 is 0 Å². The predicted octanol–water partition coefficient (Wildman–Crippen LogP) is -0.963. The van der Waals surface area contributed by atoms with Crippen molar-refractivity contribution in [3.63, 3.8) is 0 Å². The standard InChI is InChI=1S/C24H29N7O7/c1-12(25)21(34)29-18(8-20(32)33)23(36)30-17(6-13-9-27-16-5-3-2-4-15(13)16)22(35)31-19(24(37)38)7-14-10-26-11-28-14/h2-5,9-12,17-19,27H,6-8,25H2,1H3,(H,26,28)(H,29,34)(H,30,36)(H,31,35)(H,32,33)(H,37,38). The molecule has 14 heteroatoms. The number of amides is 3. The number of imidazole rings is 1. The van der Waals surface area contributed by atoms with Crippen molar-refractivity contribution in [2.75, 3.05) is 0 Å². The van der Waals surface area contributed by atoms with E-state index in [1.807, 2.05) is 18.2 Å². The van der Waals surface area contributed by atoms with Crippen LogP contribution < -0.4 is 21.7 Å². The zero-order chi connectivity index (χ0) is 27.8. The Morgan fingerprint density at radius 3 is 2.21 bits per heavy atom. The van der Waals surface area contributed by atoms with E-state index in [1.54, 1.807) is 12.3 Å². The first-order chi connectivity index (χ1) is 18.0. The maximum absolute atomic E-state index is 13.3. The van der Waals surface area contributed by atoms with Crippen molar-refractivity contribution in [2.45, 2.75) is 50.4 Å². The van der Waals surface area contributed by atoms with Crippen molar-refractivity contribution < 1.29 is 34.2 Å². The first-order valence-corrected chi connectivity index (χ1v) is 11.7. The largest absolute Gasteiger partial charge is 0.481 e. The smallest absolute Gasteiger partial charge is 0.326 e. The van der Waals surface area contributed by atoms with Gasteiger partial charge in [0, 0.05) is 41.8 Å². The Kier molecular flexibility index (Phi) is 9.16. The van der Waals surface area contributed by atoms with Gasteiger partial charge < -0.3 is 41.9 Å². The number of benzene rings is 1. The summed E-state index contributed by atoms with van der Waals surface area (Å²) in [5.41, 5.74) is 7.42. The summed E-state index contributed by atoms with van der Waals surface area (Å²) in [6.45, 7) is 1.37. The number of nitrogens with zero attached hydrogens (tertiary/aromatic N) is 1. The summed E-state index contributed by atoms with van der Waals surface area (Å²) >= 11 is 0. The minimum Gasteiger partial charge on any atom is -0.481 e. The van der Waals surface area contributed by atoms with Gasteiger partial charge >= 0.3 is 11.9 Å². The van der Waals surface area contributed by atoms with Crippen molar-refractivity contribution in [3.05, 3.63) is 54.2 Å². The quantitative estimate of drug-likeness (QED) is 0.136. The molecule has 0 aliphatic rings. The molecule has 0 saturated heterocycles. The summed E-state index contributed by atoms with van der Waals surface area (Å²) in [6.07, 6.45) is 3.53. The average molecular weight is 528 g/mol. The number of aromatic amines is 2. The van der Waals surface area contributed by atoms with Gasteiger partial charge in [-0.05, 0) is 18.6 Å². The molecule has 2 heterocycles. The van der Waals surface area contributed by atoms with Crippen LogP contribution in [0.3, 0.4) is 0 Å². The number of nitrogens with two attached hydrogens (primary N) is 1. The van der Waals surface area contributed by atoms with Crippen LogP contribution in [0.1, 0.15) is 24.6 Å². The number of para-hydroxylation sites is 1. The number of hydrogen-bond donors (Lipinski definition) is 8. The second kappa shape index (κ2) is 12.5. The van der Waals surface area contributed by atoms with Crippen LogP contribution in [0.15, 0.2) is 43.0 Å². The van der Waals surface area contributed by atoms with Gasteiger partial charge in [0.1, 0.15) is 18.1 Å². The van der Waals surface area contributed by atoms with Crippen molar-refractivity contribution in [1.82, 2.24) is 30.9 Å². The highest BCUT2D eigenvalue weighted by Gasteiger charge is 2.32. The summed E-state index contributed by atoms with van der Waals surface area (Å²) in [5.74, 6) is -5.18. The molecule has 14 nitrogen and oxygen atoms in total. The lowest BCUT2D eigenvalue weighted by molar-refractivity contribution is -0.143. The fourth-order valence-corrected chi connectivity index (χ4v) is 3.78. The number of aliphatic carboxylic acids is 2. The minimum atomic E-state index is -1.52. The van der Waals surface area contributed by atoms with E-state index >= 15 is 0 Å². The van der Waals surface area contributed by atoms with E-state index in [0.717, 1.165) is 10.9 Å². The normalized spacial score (nSPS) is 14.2. The SMILES string of the molecule is CC(N)C(=O)NC(CC(=O)O)C(=O)NC(Cc1c[nH]c2ccccc12)C(=O)NC(Cc1cnc[nH]1)C(=O)O. The van der Waals surface area contributed by atoms with Gasteiger partial charge in [-0.15, -0.1) is 0 Å². The van der Waals surface area contributed by atoms with Gasteiger partial charge in [0.2, 0.25) is 17.7 Å². The zero-order valence-corrected chi connectivity index (χ0v) is 20.4. The fraction of sp³-hybridized carbons (Fsp3) is 0.333. The van der Waals surface area contributed by atoms with Crippen LogP contribution in [0.4, 0.5) is 0 Å². The van der Waals surface area contributed by atoms with E-state index < -0.39 is 60.2 Å². The Bertz CT molecular complexity index is 1300. The maximum Gasteiger partial charge on any atom is 0.326 e. The second-order valence-electron chi connectivity index (χ2n) is 8.75. The van der Waals surface area contributed by atoms with Gasteiger partial charge in [-0.3, -0.25) is 19.2 Å². The molecule has 0 spiro atoms. The summed E-state index contributed by atoms with van der Waals surface area (Å²) in [7, 11) is 0. The molecule has 9 N–H and O–H groups in total. The number of hydrogen-bond acceptors (Lipinski definition) is 7. The average Bonchev–Trinajstić information content (AvgIpc) is 3.52. The fourth-order valence-electron chi connectivity index (χ4n) is 3.78. The van der Waals surface area contributed by atoms with Crippen molar-refractivity contribution >= 4 is 40.6 Å². The van der Waals surface area contributed by atoms with E-state index in [0.29, 0.717) is 11.3 Å². The van der Waals surface area contributed by atoms with Gasteiger partial charge in [0.25, 0.3) is 0 Å². The highest BCUT2D eigenvalue weighted by Crippen LogP contribution is 2.19. The molecular weight excluding hydrogens is 498 g/mol. The Morgan fingerprint density at radius 1 is 0.921 bits per heavy atom. The van der Waals surface area contributed by atoms with Gasteiger partial charge in [0.15, 0.2) is 0 Å². The third-order valence-electron chi connectivity index (χ3n) is 5.75. The second-order valence-corrected chi connectivity index (χ2v) is 8.75. The Labute approximate surface area is 216 Å². The predicted molar refractivity (Wildman–Crippen MR) is 134 cm³/mol. The van der Waals surface area contributed by atoms with Crippen LogP contribution in [0, 0.1) is 0 Å². The number of carboxylic acid groups (broad SMARTS) is 2. The summed E-state index contributed by atoms with van der Waals surface area (Å²) in [5, 5.41) is 26.8. The highest BCUT2D eigenvalue weighted by molar-refractivity contribution is 5.96. The molecule has 0 radical (unpaired) electrons. The van der Waals surface area contributed by atoms with Crippen LogP contribution in [-0.2, 0) is 36.8 Å². The zero-order valence-electron chi connectivity index (χ0n) is 20.4. The minimum absolute atomic E-state index is 0.0565. The van der Waals surface area contributed by atoms with Gasteiger partial charge in [-0.2, -0.15) is 0 Å². The topological polar surface area (TPSA) is 232 Å². The molecule has 4 unspecified atom stereocenters. The first-order valence-electron chi connectivity index (χ1n) is 11.7. The van der Waals surface area contributed by atoms with Crippen LogP contribution in [0.5, 0.6) is 0 Å². The van der Waals surface area contributed by atoms with E-state index in [4.69, 9.17) is 5.73 Å². The molecule has 1 aromatic carbocycles. The van der Waals surface area contributed by atoms with Gasteiger partial charge in [-0.1, -0.05) is 18.2 Å². The van der Waals surface area contributed by atoms with Crippen molar-refractivity contribution in [1.29, 1.82) is 0 Å². The maximum atomic E-state index is 13.3. The number of nitrogens with one attached hydrogen (secondary N) is 5. The van der Waals surface area contributed by atoms with Crippen LogP contribution in [0.2, 0.25) is 0 Å². The number of carboxylic acids is 2. The molecule has 38 heavy (non-hydrogen) atoms. The van der Waals surface area contributed by atoms with Crippen LogP contribution in [-0.4, -0.2) is 79.0 Å². The Balaban J connectivity index is 1.86. The molecule has 0 saturated carbocycles. The molecule has 3 rings (SSSR count). The Morgan fingerprint density at radius 2 is 1.58 bits per heavy atom.